The molecule has 0 spiro atoms. The molecule has 29 heavy (non-hydrogen) atoms. The summed E-state index contributed by atoms with van der Waals surface area (Å²) in [6.45, 7) is 4.33. The molecule has 0 saturated carbocycles. The van der Waals surface area contributed by atoms with Crippen molar-refractivity contribution in [2.24, 2.45) is 5.92 Å². The second kappa shape index (κ2) is 9.23. The summed E-state index contributed by atoms with van der Waals surface area (Å²) in [6, 6.07) is 13.7. The van der Waals surface area contributed by atoms with Crippen molar-refractivity contribution in [3.8, 4) is 0 Å². The summed E-state index contributed by atoms with van der Waals surface area (Å²) in [5.74, 6) is -1.36. The fourth-order valence-electron chi connectivity index (χ4n) is 3.24. The number of piperidine rings is 1. The highest BCUT2D eigenvalue weighted by Crippen LogP contribution is 2.24. The molecule has 0 unspecified atom stereocenters. The second-order valence-electron chi connectivity index (χ2n) is 7.20. The first-order valence-corrected chi connectivity index (χ1v) is 9.62. The zero-order valence-corrected chi connectivity index (χ0v) is 16.6. The van der Waals surface area contributed by atoms with Crippen LogP contribution in [0.4, 0.5) is 17.1 Å². The number of amides is 2. The Morgan fingerprint density at radius 3 is 2.17 bits per heavy atom. The molecule has 2 aromatic rings. The van der Waals surface area contributed by atoms with Crippen LogP contribution in [0.5, 0.6) is 0 Å². The quantitative estimate of drug-likeness (QED) is 0.613. The third kappa shape index (κ3) is 5.34. The van der Waals surface area contributed by atoms with Gasteiger partial charge in [-0.05, 0) is 61.2 Å². The third-order valence-electron chi connectivity index (χ3n) is 5.02. The molecule has 0 aromatic heterocycles. The Labute approximate surface area is 170 Å². The van der Waals surface area contributed by atoms with Crippen molar-refractivity contribution in [3.63, 3.8) is 0 Å². The van der Waals surface area contributed by atoms with E-state index in [1.54, 1.807) is 30.3 Å². The van der Waals surface area contributed by atoms with Crippen LogP contribution in [0.1, 0.15) is 30.1 Å². The van der Waals surface area contributed by atoms with Gasteiger partial charge in [0.1, 0.15) is 0 Å². The summed E-state index contributed by atoms with van der Waals surface area (Å²) in [6.07, 6.45) is 2.35. The molecule has 2 N–H and O–H groups in total. The Hall–Kier alpha value is -3.35. The van der Waals surface area contributed by atoms with Crippen LogP contribution in [0.2, 0.25) is 0 Å². The van der Waals surface area contributed by atoms with Crippen molar-refractivity contribution in [1.29, 1.82) is 0 Å². The van der Waals surface area contributed by atoms with Crippen molar-refractivity contribution in [3.05, 3.63) is 54.1 Å². The number of methoxy groups -OCH3 is 1. The molecule has 1 saturated heterocycles. The Morgan fingerprint density at radius 1 is 0.931 bits per heavy atom. The maximum atomic E-state index is 12.2. The van der Waals surface area contributed by atoms with E-state index < -0.39 is 17.8 Å². The number of benzene rings is 2. The van der Waals surface area contributed by atoms with Crippen LogP contribution < -0.4 is 15.5 Å². The molecule has 0 aliphatic carbocycles. The van der Waals surface area contributed by atoms with Crippen LogP contribution in [0, 0.1) is 5.92 Å². The number of carbonyl (C=O) groups is 3. The third-order valence-corrected chi connectivity index (χ3v) is 5.02. The van der Waals surface area contributed by atoms with Gasteiger partial charge in [-0.15, -0.1) is 0 Å². The van der Waals surface area contributed by atoms with Crippen molar-refractivity contribution in [1.82, 2.24) is 0 Å². The second-order valence-corrected chi connectivity index (χ2v) is 7.20. The first-order valence-electron chi connectivity index (χ1n) is 9.62. The van der Waals surface area contributed by atoms with E-state index in [9.17, 15) is 14.4 Å². The van der Waals surface area contributed by atoms with E-state index >= 15 is 0 Å². The average molecular weight is 395 g/mol. The van der Waals surface area contributed by atoms with Gasteiger partial charge in [0.2, 0.25) is 0 Å². The van der Waals surface area contributed by atoms with Gasteiger partial charge in [-0.2, -0.15) is 0 Å². The number of anilines is 3. The number of rotatable bonds is 4. The number of esters is 1. The lowest BCUT2D eigenvalue weighted by Gasteiger charge is -2.32. The maximum absolute atomic E-state index is 12.2. The van der Waals surface area contributed by atoms with Crippen molar-refractivity contribution >= 4 is 34.8 Å². The van der Waals surface area contributed by atoms with Crippen LogP contribution >= 0.6 is 0 Å². The van der Waals surface area contributed by atoms with Gasteiger partial charge in [0.15, 0.2) is 0 Å². The molecule has 1 heterocycles. The van der Waals surface area contributed by atoms with Crippen LogP contribution in [-0.4, -0.2) is 38.0 Å². The minimum atomic E-state index is -0.818. The number of nitrogens with zero attached hydrogens (tertiary/aromatic N) is 1. The zero-order valence-electron chi connectivity index (χ0n) is 16.6. The molecule has 0 bridgehead atoms. The molecule has 7 heteroatoms. The van der Waals surface area contributed by atoms with Crippen LogP contribution in [0.3, 0.4) is 0 Å². The smallest absolute Gasteiger partial charge is 0.337 e. The van der Waals surface area contributed by atoms with Gasteiger partial charge < -0.3 is 20.3 Å². The Morgan fingerprint density at radius 2 is 1.55 bits per heavy atom. The van der Waals surface area contributed by atoms with Gasteiger partial charge in [0.05, 0.1) is 12.7 Å². The number of hydrogen-bond acceptors (Lipinski definition) is 5. The molecule has 0 radical (unpaired) electrons. The predicted molar refractivity (Wildman–Crippen MR) is 112 cm³/mol. The van der Waals surface area contributed by atoms with Gasteiger partial charge in [-0.25, -0.2) is 4.79 Å². The average Bonchev–Trinajstić information content (AvgIpc) is 2.74. The first-order chi connectivity index (χ1) is 14.0. The molecule has 2 amide bonds. The highest BCUT2D eigenvalue weighted by molar-refractivity contribution is 6.43. The van der Waals surface area contributed by atoms with E-state index in [0.717, 1.165) is 24.7 Å². The molecule has 7 nitrogen and oxygen atoms in total. The largest absolute Gasteiger partial charge is 0.465 e. The molecule has 3 rings (SSSR count). The molecule has 1 aliphatic rings. The lowest BCUT2D eigenvalue weighted by atomic mass is 9.99. The summed E-state index contributed by atoms with van der Waals surface area (Å²) in [5, 5.41) is 5.07. The van der Waals surface area contributed by atoms with E-state index in [-0.39, 0.29) is 5.56 Å². The zero-order chi connectivity index (χ0) is 20.8. The highest BCUT2D eigenvalue weighted by atomic mass is 16.5. The lowest BCUT2D eigenvalue weighted by molar-refractivity contribution is -0.132. The summed E-state index contributed by atoms with van der Waals surface area (Å²) in [7, 11) is 1.28. The maximum Gasteiger partial charge on any atom is 0.337 e. The summed E-state index contributed by atoms with van der Waals surface area (Å²) in [5.41, 5.74) is 2.28. The van der Waals surface area contributed by atoms with Crippen LogP contribution in [0.15, 0.2) is 48.5 Å². The van der Waals surface area contributed by atoms with E-state index in [1.807, 2.05) is 12.1 Å². The molecule has 1 fully saturated rings. The SMILES string of the molecule is COC(=O)c1cccc(NC(=O)C(=O)Nc2ccc(N3CCC(C)CC3)cc2)c1. The van der Waals surface area contributed by atoms with E-state index in [0.29, 0.717) is 11.4 Å². The van der Waals surface area contributed by atoms with E-state index in [1.165, 1.54) is 26.0 Å². The van der Waals surface area contributed by atoms with Gasteiger partial charge in [-0.1, -0.05) is 13.0 Å². The lowest BCUT2D eigenvalue weighted by Crippen LogP contribution is -2.32. The number of ether oxygens (including phenoxy) is 1. The molecule has 0 atom stereocenters. The van der Waals surface area contributed by atoms with Gasteiger partial charge in [0.25, 0.3) is 0 Å². The van der Waals surface area contributed by atoms with Crippen LogP contribution in [-0.2, 0) is 14.3 Å². The first kappa shape index (κ1) is 20.4. The van der Waals surface area contributed by atoms with Crippen LogP contribution in [0.25, 0.3) is 0 Å². The summed E-state index contributed by atoms with van der Waals surface area (Å²) >= 11 is 0. The Balaban J connectivity index is 1.57. The number of nitrogens with one attached hydrogen (secondary N) is 2. The fraction of sp³-hybridized carbons (Fsp3) is 0.318. The topological polar surface area (TPSA) is 87.7 Å². The predicted octanol–water partition coefficient (Wildman–Crippen LogP) is 3.29. The Kier molecular flexibility index (Phi) is 6.49. The number of carbonyl (C=O) groups excluding carboxylic acids is 3. The number of hydrogen-bond donors (Lipinski definition) is 2. The normalized spacial score (nSPS) is 14.2. The highest BCUT2D eigenvalue weighted by Gasteiger charge is 2.17. The molecule has 1 aliphatic heterocycles. The van der Waals surface area contributed by atoms with Crippen molar-refractivity contribution in [2.75, 3.05) is 35.7 Å². The summed E-state index contributed by atoms with van der Waals surface area (Å²) in [4.78, 5) is 38.2. The van der Waals surface area contributed by atoms with Gasteiger partial charge in [-0.3, -0.25) is 9.59 Å². The van der Waals surface area contributed by atoms with Gasteiger partial charge >= 0.3 is 17.8 Å². The Bertz CT molecular complexity index is 887. The molecule has 152 valence electrons. The molecule has 2 aromatic carbocycles. The van der Waals surface area contributed by atoms with Crippen molar-refractivity contribution in [2.45, 2.75) is 19.8 Å². The standard InChI is InChI=1S/C22H25N3O4/c1-15-10-12-25(13-11-15)19-8-6-17(7-9-19)23-20(26)21(27)24-18-5-3-4-16(14-18)22(28)29-2/h3-9,14-15H,10-13H2,1-2H3,(H,23,26)(H,24,27). The fourth-order valence-corrected chi connectivity index (χ4v) is 3.24. The molecular formula is C22H25N3O4. The van der Waals surface area contributed by atoms with E-state index in [2.05, 4.69) is 27.2 Å². The van der Waals surface area contributed by atoms with Crippen molar-refractivity contribution < 1.29 is 19.1 Å². The molecular weight excluding hydrogens is 370 g/mol. The van der Waals surface area contributed by atoms with Gasteiger partial charge in [0, 0.05) is 30.2 Å². The minimum Gasteiger partial charge on any atom is -0.465 e. The summed E-state index contributed by atoms with van der Waals surface area (Å²) < 4.78 is 4.65. The minimum absolute atomic E-state index is 0.286. The van der Waals surface area contributed by atoms with E-state index in [4.69, 9.17) is 0 Å². The monoisotopic (exact) mass is 395 g/mol.